The molecule has 3 fully saturated rings. The van der Waals surface area contributed by atoms with Gasteiger partial charge in [-0.2, -0.15) is 0 Å². The fraction of sp³-hybridized carbons (Fsp3) is 0.571. The van der Waals surface area contributed by atoms with Crippen LogP contribution >= 0.6 is 0 Å². The van der Waals surface area contributed by atoms with Crippen LogP contribution in [0.25, 0.3) is 0 Å². The number of hydrogen-bond acceptors (Lipinski definition) is 5. The second-order valence-electron chi connectivity index (χ2n) is 6.61. The van der Waals surface area contributed by atoms with Gasteiger partial charge in [0.15, 0.2) is 4.90 Å². The molecule has 22 heavy (non-hydrogen) atoms. The molecule has 2 bridgehead atoms. The molecule has 0 spiro atoms. The zero-order chi connectivity index (χ0) is 15.6. The smallest absolute Gasteiger partial charge is 0.312 e. The lowest BCUT2D eigenvalue weighted by Gasteiger charge is -2.13. The van der Waals surface area contributed by atoms with Crippen LogP contribution in [-0.2, 0) is 10.0 Å². The maximum absolute atomic E-state index is 11.6. The molecule has 1 aromatic rings. The monoisotopic (exact) mass is 323 g/mol. The first-order valence-corrected chi connectivity index (χ1v) is 8.99. The highest BCUT2D eigenvalue weighted by Gasteiger charge is 2.65. The Morgan fingerprint density at radius 2 is 1.86 bits per heavy atom. The minimum atomic E-state index is -4.13. The van der Waals surface area contributed by atoms with Crippen LogP contribution in [0.1, 0.15) is 19.3 Å². The van der Waals surface area contributed by atoms with Crippen molar-refractivity contribution in [2.45, 2.75) is 30.2 Å². The lowest BCUT2D eigenvalue weighted by Crippen LogP contribution is -2.17. The summed E-state index contributed by atoms with van der Waals surface area (Å²) in [7, 11) is -4.13. The second-order valence-corrected chi connectivity index (χ2v) is 8.14. The van der Waals surface area contributed by atoms with Crippen LogP contribution in [0.15, 0.2) is 23.1 Å². The van der Waals surface area contributed by atoms with E-state index in [2.05, 4.69) is 5.32 Å². The first-order chi connectivity index (χ1) is 10.4. The van der Waals surface area contributed by atoms with E-state index in [0.29, 0.717) is 11.8 Å². The van der Waals surface area contributed by atoms with E-state index in [9.17, 15) is 18.5 Å². The summed E-state index contributed by atoms with van der Waals surface area (Å²) in [5.41, 5.74) is -0.183. The van der Waals surface area contributed by atoms with Crippen LogP contribution in [0.2, 0.25) is 0 Å². The normalized spacial score (nSPS) is 35.2. The standard InChI is InChI=1S/C14H17N3O4S/c15-22(20,21)10-3-1-2-9(14(10)17(18)19)16-13-11-7-4-5-8(6-7)12(11)13/h1-3,7-8,11-13,16H,4-6H2,(H2,15,20,21)/t7-,8-,11-,12+,13?/m0/s1. The first kappa shape index (κ1) is 14.0. The van der Waals surface area contributed by atoms with E-state index < -0.39 is 25.5 Å². The number of sulfonamides is 1. The highest BCUT2D eigenvalue weighted by Crippen LogP contribution is 2.66. The van der Waals surface area contributed by atoms with Gasteiger partial charge >= 0.3 is 5.69 Å². The van der Waals surface area contributed by atoms with E-state index in [1.807, 2.05) is 0 Å². The summed E-state index contributed by atoms with van der Waals surface area (Å²) >= 11 is 0. The van der Waals surface area contributed by atoms with E-state index in [0.717, 1.165) is 11.8 Å². The lowest BCUT2D eigenvalue weighted by atomic mass is 10.0. The minimum Gasteiger partial charge on any atom is -0.376 e. The number of nitro groups is 1. The van der Waals surface area contributed by atoms with Gasteiger partial charge in [-0.3, -0.25) is 10.1 Å². The fourth-order valence-corrected chi connectivity index (χ4v) is 5.48. The van der Waals surface area contributed by atoms with Gasteiger partial charge in [0.05, 0.1) is 4.92 Å². The summed E-state index contributed by atoms with van der Waals surface area (Å²) in [6, 6.07) is 4.46. The number of anilines is 1. The van der Waals surface area contributed by atoms with Gasteiger partial charge < -0.3 is 5.32 Å². The molecule has 3 N–H and O–H groups in total. The number of para-hydroxylation sites is 1. The van der Waals surface area contributed by atoms with Crippen LogP contribution in [0, 0.1) is 33.8 Å². The van der Waals surface area contributed by atoms with Crippen LogP contribution in [0.5, 0.6) is 0 Å². The Labute approximate surface area is 128 Å². The molecular formula is C14H17N3O4S. The quantitative estimate of drug-likeness (QED) is 0.646. The second kappa shape index (κ2) is 4.42. The molecule has 3 saturated carbocycles. The van der Waals surface area contributed by atoms with Crippen LogP contribution in [0.4, 0.5) is 11.4 Å². The third-order valence-corrected chi connectivity index (χ3v) is 6.49. The van der Waals surface area contributed by atoms with E-state index >= 15 is 0 Å². The molecular weight excluding hydrogens is 306 g/mol. The molecule has 0 radical (unpaired) electrons. The maximum Gasteiger partial charge on any atom is 0.312 e. The van der Waals surface area contributed by atoms with Crippen molar-refractivity contribution in [2.24, 2.45) is 28.8 Å². The average Bonchev–Trinajstić information content (AvgIpc) is 2.82. The van der Waals surface area contributed by atoms with Gasteiger partial charge in [0.2, 0.25) is 10.0 Å². The van der Waals surface area contributed by atoms with Crippen molar-refractivity contribution in [3.05, 3.63) is 28.3 Å². The van der Waals surface area contributed by atoms with E-state index in [1.54, 1.807) is 6.07 Å². The van der Waals surface area contributed by atoms with E-state index in [4.69, 9.17) is 5.14 Å². The van der Waals surface area contributed by atoms with Gasteiger partial charge in [-0.1, -0.05) is 6.07 Å². The number of nitrogens with zero attached hydrogens (tertiary/aromatic N) is 1. The van der Waals surface area contributed by atoms with Gasteiger partial charge in [-0.25, -0.2) is 13.6 Å². The van der Waals surface area contributed by atoms with Crippen LogP contribution < -0.4 is 10.5 Å². The van der Waals surface area contributed by atoms with Crippen LogP contribution in [-0.4, -0.2) is 19.4 Å². The Balaban J connectivity index is 1.67. The molecule has 8 heteroatoms. The Bertz CT molecular complexity index is 747. The summed E-state index contributed by atoms with van der Waals surface area (Å²) in [6.07, 6.45) is 3.79. The van der Waals surface area contributed by atoms with Crippen molar-refractivity contribution in [1.29, 1.82) is 0 Å². The van der Waals surface area contributed by atoms with Crippen molar-refractivity contribution in [3.8, 4) is 0 Å². The summed E-state index contributed by atoms with van der Waals surface area (Å²) in [6.45, 7) is 0. The molecule has 7 nitrogen and oxygen atoms in total. The van der Waals surface area contributed by atoms with Gasteiger partial charge in [0, 0.05) is 6.04 Å². The third kappa shape index (κ3) is 1.94. The van der Waals surface area contributed by atoms with Gasteiger partial charge in [0.25, 0.3) is 0 Å². The highest BCUT2D eigenvalue weighted by molar-refractivity contribution is 7.89. The number of hydrogen-bond donors (Lipinski definition) is 2. The molecule has 0 amide bonds. The van der Waals surface area contributed by atoms with Gasteiger partial charge in [-0.15, -0.1) is 0 Å². The Kier molecular flexibility index (Phi) is 2.80. The van der Waals surface area contributed by atoms with Gasteiger partial charge in [-0.05, 0) is 55.1 Å². The lowest BCUT2D eigenvalue weighted by molar-refractivity contribution is -0.386. The number of nitrogens with two attached hydrogens (primary N) is 1. The predicted octanol–water partition coefficient (Wildman–Crippen LogP) is 1.70. The zero-order valence-electron chi connectivity index (χ0n) is 11.8. The topological polar surface area (TPSA) is 115 Å². The number of primary sulfonamides is 1. The summed E-state index contributed by atoms with van der Waals surface area (Å²) in [4.78, 5) is 10.2. The first-order valence-electron chi connectivity index (χ1n) is 7.44. The molecule has 3 aliphatic rings. The number of rotatable bonds is 4. The number of benzene rings is 1. The molecule has 1 aromatic carbocycles. The van der Waals surface area contributed by atoms with Crippen molar-refractivity contribution >= 4 is 21.4 Å². The molecule has 0 saturated heterocycles. The molecule has 0 aromatic heterocycles. The number of fused-ring (bicyclic) bond motifs is 5. The predicted molar refractivity (Wildman–Crippen MR) is 79.7 cm³/mol. The summed E-state index contributed by atoms with van der Waals surface area (Å²) in [5.74, 6) is 2.65. The zero-order valence-corrected chi connectivity index (χ0v) is 12.6. The molecule has 118 valence electrons. The van der Waals surface area contributed by atoms with E-state index in [-0.39, 0.29) is 11.7 Å². The molecule has 1 unspecified atom stereocenters. The van der Waals surface area contributed by atoms with Crippen LogP contribution in [0.3, 0.4) is 0 Å². The van der Waals surface area contributed by atoms with Crippen molar-refractivity contribution < 1.29 is 13.3 Å². The van der Waals surface area contributed by atoms with Crippen molar-refractivity contribution in [1.82, 2.24) is 0 Å². The molecule has 5 atom stereocenters. The Morgan fingerprint density at radius 3 is 2.41 bits per heavy atom. The molecule has 3 aliphatic carbocycles. The van der Waals surface area contributed by atoms with Crippen molar-refractivity contribution in [3.63, 3.8) is 0 Å². The maximum atomic E-state index is 11.6. The van der Waals surface area contributed by atoms with Crippen molar-refractivity contribution in [2.75, 3.05) is 5.32 Å². The fourth-order valence-electron chi connectivity index (χ4n) is 4.75. The molecule has 4 rings (SSSR count). The van der Waals surface area contributed by atoms with E-state index in [1.165, 1.54) is 31.4 Å². The largest absolute Gasteiger partial charge is 0.376 e. The highest BCUT2D eigenvalue weighted by atomic mass is 32.2. The summed E-state index contributed by atoms with van der Waals surface area (Å²) in [5, 5.41) is 19.6. The van der Waals surface area contributed by atoms with Gasteiger partial charge in [0.1, 0.15) is 5.69 Å². The SMILES string of the molecule is NS(=O)(=O)c1cccc(NC2[C@@H]3[C@H]4CC[C@@H](C4)[C@H]23)c1[N+](=O)[O-]. The Morgan fingerprint density at radius 1 is 1.23 bits per heavy atom. The third-order valence-electron chi connectivity index (χ3n) is 5.55. The number of nitrogens with one attached hydrogen (secondary N) is 1. The molecule has 0 aliphatic heterocycles. The summed E-state index contributed by atoms with van der Waals surface area (Å²) < 4.78 is 23.1. The molecule has 0 heterocycles. The minimum absolute atomic E-state index is 0.237. The average molecular weight is 323 g/mol. The Hall–Kier alpha value is -1.67. The number of nitro benzene ring substituents is 1.